The van der Waals surface area contributed by atoms with Gasteiger partial charge in [-0.1, -0.05) is 13.8 Å². The molecular formula is C12H19N3. The highest BCUT2D eigenvalue weighted by molar-refractivity contribution is 5.45. The monoisotopic (exact) mass is 205 g/mol. The maximum atomic E-state index is 5.97. The molecule has 0 fully saturated rings. The number of aromatic nitrogens is 2. The van der Waals surface area contributed by atoms with Gasteiger partial charge in [0, 0.05) is 17.2 Å². The van der Waals surface area contributed by atoms with Crippen LogP contribution in [0.3, 0.4) is 0 Å². The van der Waals surface area contributed by atoms with E-state index in [0.717, 1.165) is 37.3 Å². The molecule has 0 saturated carbocycles. The van der Waals surface area contributed by atoms with E-state index in [2.05, 4.69) is 23.8 Å². The van der Waals surface area contributed by atoms with Gasteiger partial charge < -0.3 is 5.73 Å². The molecule has 1 aromatic rings. The summed E-state index contributed by atoms with van der Waals surface area (Å²) in [5, 5.41) is 0. The lowest BCUT2D eigenvalue weighted by atomic mass is 10.0. The normalized spacial score (nSPS) is 14.6. The van der Waals surface area contributed by atoms with Gasteiger partial charge in [0.25, 0.3) is 0 Å². The highest BCUT2D eigenvalue weighted by Crippen LogP contribution is 2.28. The van der Waals surface area contributed by atoms with Gasteiger partial charge in [-0.3, -0.25) is 0 Å². The molecule has 1 aromatic heterocycles. The quantitative estimate of drug-likeness (QED) is 0.824. The molecule has 2 N–H and O–H groups in total. The van der Waals surface area contributed by atoms with Gasteiger partial charge in [0.2, 0.25) is 0 Å². The molecule has 0 atom stereocenters. The molecule has 0 spiro atoms. The van der Waals surface area contributed by atoms with Crippen LogP contribution in [0.25, 0.3) is 0 Å². The fourth-order valence-electron chi connectivity index (χ4n) is 2.32. The van der Waals surface area contributed by atoms with Crippen LogP contribution in [0.1, 0.15) is 56.1 Å². The van der Waals surface area contributed by atoms with Gasteiger partial charge in [0.15, 0.2) is 0 Å². The van der Waals surface area contributed by atoms with E-state index in [-0.39, 0.29) is 0 Å². The topological polar surface area (TPSA) is 51.8 Å². The number of rotatable bonds is 3. The van der Waals surface area contributed by atoms with Gasteiger partial charge in [0.1, 0.15) is 11.6 Å². The predicted molar refractivity (Wildman–Crippen MR) is 61.8 cm³/mol. The zero-order chi connectivity index (χ0) is 10.8. The van der Waals surface area contributed by atoms with Crippen molar-refractivity contribution in [3.8, 4) is 0 Å². The van der Waals surface area contributed by atoms with Gasteiger partial charge in [-0.15, -0.1) is 0 Å². The Kier molecular flexibility index (Phi) is 2.89. The highest BCUT2D eigenvalue weighted by Gasteiger charge is 2.20. The number of hydrogen-bond acceptors (Lipinski definition) is 3. The van der Waals surface area contributed by atoms with Crippen molar-refractivity contribution in [2.45, 2.75) is 51.9 Å². The van der Waals surface area contributed by atoms with Crippen LogP contribution in [0.15, 0.2) is 0 Å². The second-order valence-corrected chi connectivity index (χ2v) is 4.26. The summed E-state index contributed by atoms with van der Waals surface area (Å²) < 4.78 is 0. The van der Waals surface area contributed by atoms with Crippen LogP contribution in [0.5, 0.6) is 0 Å². The fraction of sp³-hybridized carbons (Fsp3) is 0.667. The van der Waals surface area contributed by atoms with Crippen LogP contribution < -0.4 is 5.73 Å². The Balaban J connectivity index is 2.38. The van der Waals surface area contributed by atoms with Crippen molar-refractivity contribution in [1.82, 2.24) is 9.97 Å². The van der Waals surface area contributed by atoms with E-state index in [4.69, 9.17) is 5.73 Å². The molecule has 82 valence electrons. The Bertz CT molecular complexity index is 356. The minimum Gasteiger partial charge on any atom is -0.383 e. The Morgan fingerprint density at radius 3 is 2.60 bits per heavy atom. The molecule has 1 aliphatic rings. The first-order valence-electron chi connectivity index (χ1n) is 5.91. The molecule has 15 heavy (non-hydrogen) atoms. The van der Waals surface area contributed by atoms with Crippen molar-refractivity contribution in [2.24, 2.45) is 0 Å². The summed E-state index contributed by atoms with van der Waals surface area (Å²) in [6.07, 6.45) is 5.50. The van der Waals surface area contributed by atoms with E-state index < -0.39 is 0 Å². The van der Waals surface area contributed by atoms with Crippen molar-refractivity contribution >= 4 is 5.82 Å². The van der Waals surface area contributed by atoms with E-state index in [1.165, 1.54) is 17.7 Å². The largest absolute Gasteiger partial charge is 0.383 e. The molecule has 3 nitrogen and oxygen atoms in total. The number of fused-ring (bicyclic) bond motifs is 1. The lowest BCUT2D eigenvalue weighted by Gasteiger charge is -2.13. The summed E-state index contributed by atoms with van der Waals surface area (Å²) in [5.41, 5.74) is 8.37. The third-order valence-corrected chi connectivity index (χ3v) is 3.33. The van der Waals surface area contributed by atoms with Gasteiger partial charge in [-0.05, 0) is 32.1 Å². The van der Waals surface area contributed by atoms with Gasteiger partial charge in [0.05, 0.1) is 0 Å². The van der Waals surface area contributed by atoms with Crippen molar-refractivity contribution in [3.63, 3.8) is 0 Å². The molecule has 0 aromatic carbocycles. The molecule has 0 bridgehead atoms. The maximum Gasteiger partial charge on any atom is 0.134 e. The van der Waals surface area contributed by atoms with Crippen molar-refractivity contribution in [1.29, 1.82) is 0 Å². The van der Waals surface area contributed by atoms with Crippen LogP contribution in [-0.2, 0) is 12.8 Å². The van der Waals surface area contributed by atoms with Crippen LogP contribution in [0, 0.1) is 0 Å². The summed E-state index contributed by atoms with van der Waals surface area (Å²) in [4.78, 5) is 9.12. The number of nitrogens with two attached hydrogens (primary N) is 1. The number of aryl methyl sites for hydroxylation is 1. The zero-order valence-corrected chi connectivity index (χ0v) is 9.58. The fourth-order valence-corrected chi connectivity index (χ4v) is 2.32. The van der Waals surface area contributed by atoms with Gasteiger partial charge in [-0.2, -0.15) is 0 Å². The molecule has 0 unspecified atom stereocenters. The lowest BCUT2D eigenvalue weighted by Crippen LogP contribution is -2.09. The van der Waals surface area contributed by atoms with Gasteiger partial charge >= 0.3 is 0 Å². The Morgan fingerprint density at radius 1 is 1.20 bits per heavy atom. The molecule has 0 radical (unpaired) electrons. The number of nitrogens with zero attached hydrogens (tertiary/aromatic N) is 2. The zero-order valence-electron chi connectivity index (χ0n) is 9.58. The first kappa shape index (κ1) is 10.4. The highest BCUT2D eigenvalue weighted by atomic mass is 15.0. The number of hydrogen-bond donors (Lipinski definition) is 1. The standard InChI is InChI=1S/C12H19N3/c1-3-8(4-2)12-14-10-7-5-6-9(10)11(13)15-12/h8H,3-7H2,1-2H3,(H2,13,14,15). The molecule has 0 saturated heterocycles. The third-order valence-electron chi connectivity index (χ3n) is 3.33. The van der Waals surface area contributed by atoms with Crippen LogP contribution >= 0.6 is 0 Å². The smallest absolute Gasteiger partial charge is 0.134 e. The van der Waals surface area contributed by atoms with Crippen LogP contribution in [0.4, 0.5) is 5.82 Å². The second kappa shape index (κ2) is 4.17. The van der Waals surface area contributed by atoms with E-state index in [0.29, 0.717) is 5.92 Å². The number of anilines is 1. The average molecular weight is 205 g/mol. The lowest BCUT2D eigenvalue weighted by molar-refractivity contribution is 0.599. The molecule has 3 heteroatoms. The van der Waals surface area contributed by atoms with E-state index in [1.54, 1.807) is 0 Å². The minimum atomic E-state index is 0.471. The Morgan fingerprint density at radius 2 is 1.93 bits per heavy atom. The first-order chi connectivity index (χ1) is 7.26. The molecule has 0 amide bonds. The molecule has 1 aliphatic carbocycles. The predicted octanol–water partition coefficient (Wildman–Crippen LogP) is 2.45. The SMILES string of the molecule is CCC(CC)c1nc(N)c2c(n1)CCC2. The molecule has 1 heterocycles. The molecule has 0 aliphatic heterocycles. The van der Waals surface area contributed by atoms with Crippen LogP contribution in [0.2, 0.25) is 0 Å². The average Bonchev–Trinajstić information content (AvgIpc) is 2.68. The van der Waals surface area contributed by atoms with Crippen molar-refractivity contribution in [3.05, 3.63) is 17.1 Å². The van der Waals surface area contributed by atoms with Gasteiger partial charge in [-0.25, -0.2) is 9.97 Å². The molecular weight excluding hydrogens is 186 g/mol. The third kappa shape index (κ3) is 1.83. The second-order valence-electron chi connectivity index (χ2n) is 4.26. The maximum absolute atomic E-state index is 5.97. The van der Waals surface area contributed by atoms with Crippen molar-refractivity contribution in [2.75, 3.05) is 5.73 Å². The summed E-state index contributed by atoms with van der Waals surface area (Å²) in [6, 6.07) is 0. The Labute approximate surface area is 91.1 Å². The minimum absolute atomic E-state index is 0.471. The summed E-state index contributed by atoms with van der Waals surface area (Å²) in [6.45, 7) is 4.36. The van der Waals surface area contributed by atoms with E-state index >= 15 is 0 Å². The van der Waals surface area contributed by atoms with Crippen molar-refractivity contribution < 1.29 is 0 Å². The first-order valence-corrected chi connectivity index (χ1v) is 5.91. The van der Waals surface area contributed by atoms with E-state index in [9.17, 15) is 0 Å². The van der Waals surface area contributed by atoms with Crippen LogP contribution in [-0.4, -0.2) is 9.97 Å². The molecule has 2 rings (SSSR count). The number of nitrogen functional groups attached to an aromatic ring is 1. The summed E-state index contributed by atoms with van der Waals surface area (Å²) in [5.74, 6) is 2.15. The summed E-state index contributed by atoms with van der Waals surface area (Å²) in [7, 11) is 0. The Hall–Kier alpha value is -1.12. The van der Waals surface area contributed by atoms with E-state index in [1.807, 2.05) is 0 Å². The summed E-state index contributed by atoms with van der Waals surface area (Å²) >= 11 is 0.